The van der Waals surface area contributed by atoms with Gasteiger partial charge in [0, 0.05) is 18.2 Å². The van der Waals surface area contributed by atoms with Crippen molar-refractivity contribution in [3.8, 4) is 0 Å². The lowest BCUT2D eigenvalue weighted by molar-refractivity contribution is -0.134. The van der Waals surface area contributed by atoms with E-state index >= 15 is 0 Å². The Morgan fingerprint density at radius 1 is 1.52 bits per heavy atom. The minimum atomic E-state index is -4.35. The van der Waals surface area contributed by atoms with Crippen LogP contribution in [0.25, 0.3) is 0 Å². The summed E-state index contributed by atoms with van der Waals surface area (Å²) in [5, 5.41) is 18.5. The van der Waals surface area contributed by atoms with Crippen LogP contribution in [0.1, 0.15) is 25.1 Å². The molecule has 12 heteroatoms. The third kappa shape index (κ3) is 4.86. The lowest BCUT2D eigenvalue weighted by atomic mass is 10.2. The zero-order valence-corrected chi connectivity index (χ0v) is 14.2. The summed E-state index contributed by atoms with van der Waals surface area (Å²) in [6.45, 7) is 1.22. The number of H-pyrrole nitrogens is 1. The summed E-state index contributed by atoms with van der Waals surface area (Å²) in [4.78, 5) is 45.5. The third-order valence-electron chi connectivity index (χ3n) is 3.71. The van der Waals surface area contributed by atoms with Crippen LogP contribution in [0, 0.1) is 0 Å². The van der Waals surface area contributed by atoms with Crippen molar-refractivity contribution in [1.82, 2.24) is 9.55 Å². The molecule has 4 unspecified atom stereocenters. The van der Waals surface area contributed by atoms with Gasteiger partial charge in [-0.3, -0.25) is 23.7 Å². The van der Waals surface area contributed by atoms with Gasteiger partial charge >= 0.3 is 19.3 Å². The van der Waals surface area contributed by atoms with Crippen molar-refractivity contribution in [2.45, 2.75) is 38.2 Å². The van der Waals surface area contributed by atoms with Crippen LogP contribution < -0.4 is 11.2 Å². The highest BCUT2D eigenvalue weighted by atomic mass is 31.2. The second-order valence-corrected chi connectivity index (χ2v) is 7.44. The summed E-state index contributed by atoms with van der Waals surface area (Å²) in [6.07, 6.45) is -2.36. The molecule has 25 heavy (non-hydrogen) atoms. The van der Waals surface area contributed by atoms with E-state index in [0.29, 0.717) is 12.0 Å². The SMILES string of the molecule is CCc1cn(C2CC(O)C(COP(=O)(O)CC(=O)O)O2)c(=O)[nH]c1=O. The number of nitrogens with one attached hydrogen (secondary N) is 1. The van der Waals surface area contributed by atoms with E-state index < -0.39 is 56.0 Å². The van der Waals surface area contributed by atoms with E-state index in [2.05, 4.69) is 9.51 Å². The summed E-state index contributed by atoms with van der Waals surface area (Å²) in [5.41, 5.74) is -0.851. The largest absolute Gasteiger partial charge is 0.481 e. The molecule has 1 aromatic heterocycles. The van der Waals surface area contributed by atoms with Gasteiger partial charge in [-0.1, -0.05) is 6.92 Å². The van der Waals surface area contributed by atoms with Gasteiger partial charge in [0.2, 0.25) is 0 Å². The first-order valence-electron chi connectivity index (χ1n) is 7.49. The zero-order valence-electron chi connectivity index (χ0n) is 13.3. The minimum absolute atomic E-state index is 0.00219. The van der Waals surface area contributed by atoms with Crippen molar-refractivity contribution in [3.05, 3.63) is 32.6 Å². The van der Waals surface area contributed by atoms with Crippen molar-refractivity contribution in [3.63, 3.8) is 0 Å². The molecule has 0 aliphatic carbocycles. The van der Waals surface area contributed by atoms with Crippen molar-refractivity contribution in [2.24, 2.45) is 0 Å². The molecule has 1 saturated heterocycles. The van der Waals surface area contributed by atoms with Gasteiger partial charge in [0.25, 0.3) is 5.56 Å². The Labute approximate surface area is 141 Å². The first kappa shape index (κ1) is 19.5. The van der Waals surface area contributed by atoms with E-state index in [1.807, 2.05) is 0 Å². The number of carbonyl (C=O) groups is 1. The number of aromatic amines is 1. The van der Waals surface area contributed by atoms with Gasteiger partial charge in [-0.25, -0.2) is 4.79 Å². The average Bonchev–Trinajstić information content (AvgIpc) is 2.85. The van der Waals surface area contributed by atoms with Crippen molar-refractivity contribution < 1.29 is 33.7 Å². The number of nitrogens with zero attached hydrogens (tertiary/aromatic N) is 1. The van der Waals surface area contributed by atoms with E-state index in [0.717, 1.165) is 4.57 Å². The molecule has 1 aliphatic rings. The van der Waals surface area contributed by atoms with Gasteiger partial charge in [-0.05, 0) is 6.42 Å². The summed E-state index contributed by atoms with van der Waals surface area (Å²) in [5.74, 6) is -1.50. The van der Waals surface area contributed by atoms with E-state index in [4.69, 9.17) is 9.84 Å². The van der Waals surface area contributed by atoms with Crippen LogP contribution in [0.2, 0.25) is 0 Å². The third-order valence-corrected chi connectivity index (χ3v) is 4.94. The molecule has 140 valence electrons. The molecular weight excluding hydrogens is 359 g/mol. The fourth-order valence-electron chi connectivity index (χ4n) is 2.44. The summed E-state index contributed by atoms with van der Waals surface area (Å²) in [7, 11) is -4.35. The van der Waals surface area contributed by atoms with E-state index in [9.17, 15) is 28.9 Å². The minimum Gasteiger partial charge on any atom is -0.481 e. The summed E-state index contributed by atoms with van der Waals surface area (Å²) < 4.78 is 22.8. The number of aliphatic hydroxyl groups is 1. The van der Waals surface area contributed by atoms with Crippen molar-refractivity contribution >= 4 is 13.6 Å². The molecule has 0 radical (unpaired) electrons. The standard InChI is InChI=1S/C13H19N2O9P/c1-2-7-4-15(13(20)14-12(7)19)10-3-8(16)9(24-10)5-23-25(21,22)6-11(17)18/h4,8-10,16H,2-3,5-6H2,1H3,(H,17,18)(H,21,22)(H,14,19,20). The molecule has 1 aliphatic heterocycles. The molecule has 4 N–H and O–H groups in total. The number of aliphatic carboxylic acids is 1. The van der Waals surface area contributed by atoms with Gasteiger partial charge in [0.15, 0.2) is 0 Å². The molecule has 1 aromatic rings. The monoisotopic (exact) mass is 378 g/mol. The predicted octanol–water partition coefficient (Wildman–Crippen LogP) is -0.966. The average molecular weight is 378 g/mol. The number of ether oxygens (including phenoxy) is 1. The van der Waals surface area contributed by atoms with E-state index in [1.165, 1.54) is 6.20 Å². The smallest absolute Gasteiger partial charge is 0.339 e. The lowest BCUT2D eigenvalue weighted by Crippen LogP contribution is -2.34. The van der Waals surface area contributed by atoms with Gasteiger partial charge in [0.1, 0.15) is 18.5 Å². The van der Waals surface area contributed by atoms with Crippen LogP contribution in [0.3, 0.4) is 0 Å². The maximum absolute atomic E-state index is 11.9. The topological polar surface area (TPSA) is 168 Å². The number of carboxylic acids is 1. The van der Waals surface area contributed by atoms with Crippen molar-refractivity contribution in [1.29, 1.82) is 0 Å². The fraction of sp³-hybridized carbons (Fsp3) is 0.615. The molecule has 1 fully saturated rings. The molecule has 2 rings (SSSR count). The van der Waals surface area contributed by atoms with Gasteiger partial charge in [0.05, 0.1) is 12.7 Å². The van der Waals surface area contributed by atoms with Crippen LogP contribution in [0.5, 0.6) is 0 Å². The molecule has 4 atom stereocenters. The Hall–Kier alpha value is -1.78. The fourth-order valence-corrected chi connectivity index (χ4v) is 3.25. The number of aryl methyl sites for hydroxylation is 1. The Balaban J connectivity index is 2.09. The Morgan fingerprint density at radius 3 is 2.80 bits per heavy atom. The molecule has 0 spiro atoms. The summed E-state index contributed by atoms with van der Waals surface area (Å²) >= 11 is 0. The van der Waals surface area contributed by atoms with Gasteiger partial charge < -0.3 is 24.4 Å². The van der Waals surface area contributed by atoms with Gasteiger partial charge in [-0.2, -0.15) is 0 Å². The summed E-state index contributed by atoms with van der Waals surface area (Å²) in [6, 6.07) is 0. The normalized spacial score (nSPS) is 25.6. The highest BCUT2D eigenvalue weighted by Crippen LogP contribution is 2.42. The highest BCUT2D eigenvalue weighted by molar-refractivity contribution is 7.53. The second-order valence-electron chi connectivity index (χ2n) is 5.59. The number of rotatable bonds is 7. The molecule has 11 nitrogen and oxygen atoms in total. The maximum Gasteiger partial charge on any atom is 0.339 e. The van der Waals surface area contributed by atoms with Crippen LogP contribution in [-0.2, 0) is 25.0 Å². The van der Waals surface area contributed by atoms with Crippen LogP contribution in [-0.4, -0.2) is 55.6 Å². The van der Waals surface area contributed by atoms with Crippen molar-refractivity contribution in [2.75, 3.05) is 12.8 Å². The lowest BCUT2D eigenvalue weighted by Gasteiger charge is -2.18. The Morgan fingerprint density at radius 2 is 2.20 bits per heavy atom. The molecule has 2 heterocycles. The van der Waals surface area contributed by atoms with E-state index in [-0.39, 0.29) is 6.42 Å². The Kier molecular flexibility index (Phi) is 5.96. The zero-order chi connectivity index (χ0) is 18.8. The van der Waals surface area contributed by atoms with Gasteiger partial charge in [-0.15, -0.1) is 0 Å². The molecule has 0 amide bonds. The van der Waals surface area contributed by atoms with Crippen LogP contribution in [0.4, 0.5) is 0 Å². The first-order valence-corrected chi connectivity index (χ1v) is 9.25. The predicted molar refractivity (Wildman–Crippen MR) is 83.5 cm³/mol. The van der Waals surface area contributed by atoms with E-state index in [1.54, 1.807) is 6.92 Å². The highest BCUT2D eigenvalue weighted by Gasteiger charge is 2.37. The quantitative estimate of drug-likeness (QED) is 0.436. The second kappa shape index (κ2) is 7.63. The number of hydrogen-bond acceptors (Lipinski definition) is 7. The number of aliphatic hydroxyl groups excluding tert-OH is 1. The molecular formula is C13H19N2O9P. The van der Waals surface area contributed by atoms with Crippen LogP contribution in [0.15, 0.2) is 15.8 Å². The van der Waals surface area contributed by atoms with Crippen LogP contribution >= 0.6 is 7.60 Å². The molecule has 0 saturated carbocycles. The number of aromatic nitrogens is 2. The number of hydrogen-bond donors (Lipinski definition) is 4. The maximum atomic E-state index is 11.9. The first-order chi connectivity index (χ1) is 11.6. The molecule has 0 bridgehead atoms. The number of carboxylic acid groups (broad SMARTS) is 1. The Bertz CT molecular complexity index is 801. The molecule has 0 aromatic carbocycles.